The molecule has 0 radical (unpaired) electrons. The van der Waals surface area contributed by atoms with Crippen LogP contribution in [0.5, 0.6) is 11.6 Å². The Balaban J connectivity index is 1.58. The lowest BCUT2D eigenvalue weighted by Crippen LogP contribution is -2.22. The van der Waals surface area contributed by atoms with Crippen molar-refractivity contribution >= 4 is 11.8 Å². The monoisotopic (exact) mass is 574 g/mol. The number of hydrogen-bond donors (Lipinski definition) is 2. The first-order valence-electron chi connectivity index (χ1n) is 13.7. The minimum atomic E-state index is -4.52. The minimum Gasteiger partial charge on any atom is -0.496 e. The van der Waals surface area contributed by atoms with E-state index in [0.29, 0.717) is 17.7 Å². The van der Waals surface area contributed by atoms with Crippen molar-refractivity contribution in [1.82, 2.24) is 14.8 Å². The lowest BCUT2D eigenvalue weighted by Gasteiger charge is -2.24. The molecule has 3 heterocycles. The molecule has 0 bridgehead atoms. The number of nitrogens with zero attached hydrogens (tertiary/aromatic N) is 3. The summed E-state index contributed by atoms with van der Waals surface area (Å²) in [5, 5.41) is 17.1. The highest BCUT2D eigenvalue weighted by Gasteiger charge is 2.32. The molecule has 0 spiro atoms. The Kier molecular flexibility index (Phi) is 9.14. The van der Waals surface area contributed by atoms with E-state index in [0.717, 1.165) is 46.7 Å². The fourth-order valence-corrected chi connectivity index (χ4v) is 5.01. The van der Waals surface area contributed by atoms with Crippen molar-refractivity contribution < 1.29 is 32.5 Å². The molecule has 1 aromatic carbocycles. The molecule has 0 amide bonds. The number of ether oxygens (including phenoxy) is 2. The molecule has 8 nitrogen and oxygen atoms in total. The molecule has 1 aliphatic heterocycles. The Labute approximate surface area is 237 Å². The van der Waals surface area contributed by atoms with Crippen LogP contribution in [-0.2, 0) is 36.0 Å². The topological polar surface area (TPSA) is 98.5 Å². The normalized spacial score (nSPS) is 14.2. The van der Waals surface area contributed by atoms with E-state index in [-0.39, 0.29) is 36.4 Å². The molecule has 2 aromatic heterocycles. The lowest BCUT2D eigenvalue weighted by molar-refractivity contribution is -0.143. The van der Waals surface area contributed by atoms with Gasteiger partial charge in [0.05, 0.1) is 20.1 Å². The van der Waals surface area contributed by atoms with Crippen LogP contribution in [0.25, 0.3) is 0 Å². The molecule has 1 atom stereocenters. The summed E-state index contributed by atoms with van der Waals surface area (Å²) in [5.74, 6) is -0.336. The molecule has 1 aliphatic rings. The number of pyridine rings is 1. The van der Waals surface area contributed by atoms with Crippen LogP contribution >= 0.6 is 0 Å². The molecule has 41 heavy (non-hydrogen) atoms. The van der Waals surface area contributed by atoms with Crippen LogP contribution in [0.15, 0.2) is 36.4 Å². The number of alkyl halides is 3. The fraction of sp³-hybridized carbons (Fsp3) is 0.500. The van der Waals surface area contributed by atoms with Crippen molar-refractivity contribution in [2.45, 2.75) is 76.9 Å². The summed E-state index contributed by atoms with van der Waals surface area (Å²) >= 11 is 0. The molecule has 0 saturated heterocycles. The van der Waals surface area contributed by atoms with Crippen LogP contribution in [-0.4, -0.2) is 52.3 Å². The number of aliphatic carboxylic acids is 1. The van der Waals surface area contributed by atoms with Crippen molar-refractivity contribution in [3.05, 3.63) is 64.5 Å². The molecule has 3 aromatic rings. The smallest absolute Gasteiger partial charge is 0.408 e. The number of fused-ring (bicyclic) bond motifs is 1. The molecule has 0 fully saturated rings. The Bertz CT molecular complexity index is 1360. The van der Waals surface area contributed by atoms with Gasteiger partial charge in [0, 0.05) is 36.3 Å². The van der Waals surface area contributed by atoms with Gasteiger partial charge in [-0.3, -0.25) is 9.48 Å². The maximum absolute atomic E-state index is 13.5. The number of anilines is 1. The van der Waals surface area contributed by atoms with Gasteiger partial charge in [0.2, 0.25) is 5.88 Å². The maximum Gasteiger partial charge on any atom is 0.408 e. The van der Waals surface area contributed by atoms with Crippen LogP contribution in [0.4, 0.5) is 19.0 Å². The van der Waals surface area contributed by atoms with Crippen LogP contribution in [0, 0.1) is 0 Å². The molecule has 222 valence electrons. The van der Waals surface area contributed by atoms with E-state index in [1.807, 2.05) is 45.0 Å². The first kappa shape index (κ1) is 30.2. The number of halogens is 3. The summed E-state index contributed by atoms with van der Waals surface area (Å²) in [7, 11) is 1.49. The van der Waals surface area contributed by atoms with Gasteiger partial charge in [-0.25, -0.2) is 4.98 Å². The van der Waals surface area contributed by atoms with Crippen molar-refractivity contribution in [3.8, 4) is 11.6 Å². The third-order valence-corrected chi connectivity index (χ3v) is 7.14. The first-order chi connectivity index (χ1) is 19.3. The number of carboxylic acid groups (broad SMARTS) is 1. The largest absolute Gasteiger partial charge is 0.496 e. The number of nitrogens with one attached hydrogen (secondary N) is 1. The predicted octanol–water partition coefficient (Wildman–Crippen LogP) is 5.93. The molecule has 11 heteroatoms. The van der Waals surface area contributed by atoms with Crippen molar-refractivity contribution in [1.29, 1.82) is 0 Å². The third kappa shape index (κ3) is 8.14. The molecule has 4 rings (SSSR count). The van der Waals surface area contributed by atoms with Gasteiger partial charge in [0.1, 0.15) is 18.1 Å². The van der Waals surface area contributed by atoms with E-state index >= 15 is 0 Å². The van der Waals surface area contributed by atoms with Gasteiger partial charge in [-0.2, -0.15) is 13.2 Å². The Morgan fingerprint density at radius 1 is 1.17 bits per heavy atom. The zero-order valence-corrected chi connectivity index (χ0v) is 23.8. The highest BCUT2D eigenvalue weighted by Crippen LogP contribution is 2.36. The second kappa shape index (κ2) is 12.4. The van der Waals surface area contributed by atoms with E-state index in [9.17, 15) is 23.1 Å². The highest BCUT2D eigenvalue weighted by molar-refractivity contribution is 5.68. The molecular weight excluding hydrogens is 537 g/mol. The zero-order valence-electron chi connectivity index (χ0n) is 23.8. The minimum absolute atomic E-state index is 0.000737. The number of methoxy groups -OCH3 is 1. The van der Waals surface area contributed by atoms with Gasteiger partial charge >= 0.3 is 12.1 Å². The Morgan fingerprint density at radius 3 is 2.63 bits per heavy atom. The Hall–Kier alpha value is -3.76. The van der Waals surface area contributed by atoms with Crippen LogP contribution in [0.2, 0.25) is 0 Å². The van der Waals surface area contributed by atoms with Gasteiger partial charge in [-0.1, -0.05) is 39.0 Å². The summed E-state index contributed by atoms with van der Waals surface area (Å²) < 4.78 is 52.6. The molecule has 0 aliphatic carbocycles. The molecular formula is C30H37F3N4O4. The Morgan fingerprint density at radius 2 is 1.95 bits per heavy atom. The molecule has 1 unspecified atom stereocenters. The van der Waals surface area contributed by atoms with Gasteiger partial charge < -0.3 is 19.9 Å². The van der Waals surface area contributed by atoms with Crippen LogP contribution < -0.4 is 14.8 Å². The average Bonchev–Trinajstić information content (AvgIpc) is 3.26. The summed E-state index contributed by atoms with van der Waals surface area (Å²) in [6.07, 6.45) is -2.34. The van der Waals surface area contributed by atoms with Crippen molar-refractivity contribution in [2.24, 2.45) is 0 Å². The fourth-order valence-electron chi connectivity index (χ4n) is 5.01. The zero-order chi connectivity index (χ0) is 29.8. The number of benzene rings is 1. The third-order valence-electron chi connectivity index (χ3n) is 7.14. The predicted molar refractivity (Wildman–Crippen MR) is 149 cm³/mol. The maximum atomic E-state index is 13.5. The molecule has 2 N–H and O–H groups in total. The highest BCUT2D eigenvalue weighted by atomic mass is 19.4. The number of rotatable bonds is 11. The summed E-state index contributed by atoms with van der Waals surface area (Å²) in [6.45, 7) is 5.82. The number of aromatic nitrogens is 3. The van der Waals surface area contributed by atoms with E-state index in [1.54, 1.807) is 6.07 Å². The summed E-state index contributed by atoms with van der Waals surface area (Å²) in [4.78, 5) is 16.5. The van der Waals surface area contributed by atoms with Gasteiger partial charge in [-0.15, -0.1) is 5.10 Å². The van der Waals surface area contributed by atoms with Crippen LogP contribution in [0.3, 0.4) is 0 Å². The SMILES string of the molecule is COc1ccc(C(C)(C)C)cc1C(CC(=O)O)Cc1cc(OCCc2ccc3c(n2)NCCC3)nn1CC(F)(F)F. The van der Waals surface area contributed by atoms with Gasteiger partial charge in [-0.05, 0) is 53.5 Å². The second-order valence-corrected chi connectivity index (χ2v) is 11.4. The summed E-state index contributed by atoms with van der Waals surface area (Å²) in [5.41, 5.74) is 3.55. The van der Waals surface area contributed by atoms with Gasteiger partial charge in [0.15, 0.2) is 0 Å². The van der Waals surface area contributed by atoms with E-state index in [4.69, 9.17) is 9.47 Å². The van der Waals surface area contributed by atoms with Crippen molar-refractivity contribution in [3.63, 3.8) is 0 Å². The quantitative estimate of drug-likeness (QED) is 0.293. The first-order valence-corrected chi connectivity index (χ1v) is 13.7. The van der Waals surface area contributed by atoms with E-state index in [1.165, 1.54) is 13.2 Å². The number of carbonyl (C=O) groups is 1. The second-order valence-electron chi connectivity index (χ2n) is 11.4. The number of carboxylic acids is 1. The lowest BCUT2D eigenvalue weighted by atomic mass is 9.82. The van der Waals surface area contributed by atoms with Crippen LogP contribution in [0.1, 0.15) is 67.6 Å². The van der Waals surface area contributed by atoms with E-state index in [2.05, 4.69) is 15.4 Å². The van der Waals surface area contributed by atoms with E-state index < -0.39 is 24.6 Å². The average molecular weight is 575 g/mol. The van der Waals surface area contributed by atoms with Crippen molar-refractivity contribution in [2.75, 3.05) is 25.6 Å². The number of aryl methyl sites for hydroxylation is 1. The number of hydrogen-bond acceptors (Lipinski definition) is 6. The standard InChI is InChI=1S/C30H37F3N4O4/c1-29(2,3)21-8-10-25(40-4)24(16-21)20(15-27(38)39)14-23-17-26(36-37(23)18-30(31,32)33)41-13-11-22-9-7-19-6-5-12-34-28(19)35-22/h7-10,16-17,20H,5-6,11-15,18H2,1-4H3,(H,34,35)(H,38,39). The molecule has 0 saturated carbocycles. The van der Waals surface area contributed by atoms with Gasteiger partial charge in [0.25, 0.3) is 0 Å². The summed E-state index contributed by atoms with van der Waals surface area (Å²) in [6, 6.07) is 11.0.